The number of hydrogen-bond donors (Lipinski definition) is 0. The Morgan fingerprint density at radius 1 is 0.500 bits per heavy atom. The van der Waals surface area contributed by atoms with Gasteiger partial charge in [-0.05, 0) is 89.9 Å². The number of epoxide rings is 2. The van der Waals surface area contributed by atoms with Gasteiger partial charge in [0.2, 0.25) is 0 Å². The van der Waals surface area contributed by atoms with Crippen molar-refractivity contribution in [3.63, 3.8) is 0 Å². The predicted octanol–water partition coefficient (Wildman–Crippen LogP) is 7.71. The maximum Gasteiger partial charge on any atom is 0.119 e. The Bertz CT molecular complexity index is 1470. The lowest BCUT2D eigenvalue weighted by Gasteiger charge is -2.33. The first kappa shape index (κ1) is 28.9. The lowest BCUT2D eigenvalue weighted by Crippen LogP contribution is -2.26. The summed E-state index contributed by atoms with van der Waals surface area (Å²) >= 11 is 0. The molecule has 0 radical (unpaired) electrons. The van der Waals surface area contributed by atoms with Crippen LogP contribution in [0.5, 0.6) is 17.2 Å². The van der Waals surface area contributed by atoms with Crippen molar-refractivity contribution in [3.8, 4) is 17.2 Å². The van der Waals surface area contributed by atoms with E-state index in [4.69, 9.17) is 23.7 Å². The Kier molecular flexibility index (Phi) is 7.86. The largest absolute Gasteiger partial charge is 0.493 e. The van der Waals surface area contributed by atoms with Crippen LogP contribution in [0, 0.1) is 5.92 Å². The molecule has 0 N–H and O–H groups in total. The van der Waals surface area contributed by atoms with Gasteiger partial charge in [0.15, 0.2) is 0 Å². The monoisotopic (exact) mass is 590 g/mol. The smallest absolute Gasteiger partial charge is 0.119 e. The summed E-state index contributed by atoms with van der Waals surface area (Å²) in [5, 5.41) is 0. The lowest BCUT2D eigenvalue weighted by molar-refractivity contribution is 0.263. The standard InChI is InChI=1S/C39H42O5/c1-38(2,29-10-16-34(17-11-29)41-23-36-25-43-36)28-6-8-30(9-7-28)39(3,31-12-18-33(19-13-31)40-22-27-4-5-27)32-14-20-35(21-15-32)42-24-37-26-44-37/h6-21,27,36-37H,4-5,22-26H2,1-3H3. The average Bonchev–Trinajstić information content (AvgIpc) is 3.91. The van der Waals surface area contributed by atoms with Gasteiger partial charge in [-0.15, -0.1) is 0 Å². The molecule has 5 nitrogen and oxygen atoms in total. The van der Waals surface area contributed by atoms with Gasteiger partial charge in [0.05, 0.1) is 19.8 Å². The normalized spacial score (nSPS) is 20.4. The van der Waals surface area contributed by atoms with Gasteiger partial charge in [0.1, 0.15) is 42.7 Å². The molecule has 5 heteroatoms. The van der Waals surface area contributed by atoms with E-state index in [1.54, 1.807) is 0 Å². The van der Waals surface area contributed by atoms with E-state index in [0.29, 0.717) is 13.2 Å². The van der Waals surface area contributed by atoms with E-state index in [0.717, 1.165) is 43.0 Å². The van der Waals surface area contributed by atoms with Crippen molar-refractivity contribution in [2.24, 2.45) is 5.92 Å². The Morgan fingerprint density at radius 2 is 0.818 bits per heavy atom. The molecule has 228 valence electrons. The second kappa shape index (κ2) is 11.9. The quantitative estimate of drug-likeness (QED) is 0.111. The molecule has 4 aromatic carbocycles. The third kappa shape index (κ3) is 6.50. The molecule has 0 bridgehead atoms. The zero-order valence-electron chi connectivity index (χ0n) is 26.0. The highest BCUT2D eigenvalue weighted by molar-refractivity contribution is 5.52. The summed E-state index contributed by atoms with van der Waals surface area (Å²) in [5.41, 5.74) is 5.62. The van der Waals surface area contributed by atoms with E-state index in [1.165, 1.54) is 40.7 Å². The fourth-order valence-corrected chi connectivity index (χ4v) is 5.83. The van der Waals surface area contributed by atoms with Crippen LogP contribution in [0.15, 0.2) is 97.1 Å². The van der Waals surface area contributed by atoms with Crippen LogP contribution in [0.3, 0.4) is 0 Å². The Balaban J connectivity index is 1.15. The van der Waals surface area contributed by atoms with E-state index >= 15 is 0 Å². The molecule has 0 amide bonds. The predicted molar refractivity (Wildman–Crippen MR) is 172 cm³/mol. The molecule has 0 aromatic heterocycles. The summed E-state index contributed by atoms with van der Waals surface area (Å²) < 4.78 is 28.5. The third-order valence-corrected chi connectivity index (χ3v) is 9.48. The van der Waals surface area contributed by atoms with Gasteiger partial charge in [-0.25, -0.2) is 0 Å². The van der Waals surface area contributed by atoms with Gasteiger partial charge >= 0.3 is 0 Å². The first-order valence-corrected chi connectivity index (χ1v) is 15.9. The molecular weight excluding hydrogens is 548 g/mol. The lowest BCUT2D eigenvalue weighted by atomic mass is 9.70. The minimum absolute atomic E-state index is 0.169. The molecule has 3 aliphatic rings. The number of rotatable bonds is 14. The van der Waals surface area contributed by atoms with Crippen LogP contribution in [0.25, 0.3) is 0 Å². The summed E-state index contributed by atoms with van der Waals surface area (Å²) in [6.45, 7) is 10.5. The van der Waals surface area contributed by atoms with Crippen molar-refractivity contribution in [2.45, 2.75) is 56.7 Å². The highest BCUT2D eigenvalue weighted by atomic mass is 16.6. The molecule has 44 heavy (non-hydrogen) atoms. The summed E-state index contributed by atoms with van der Waals surface area (Å²) in [5.74, 6) is 3.41. The van der Waals surface area contributed by atoms with Crippen LogP contribution < -0.4 is 14.2 Å². The van der Waals surface area contributed by atoms with Crippen LogP contribution >= 0.6 is 0 Å². The number of hydrogen-bond acceptors (Lipinski definition) is 5. The molecule has 1 saturated carbocycles. The fourth-order valence-electron chi connectivity index (χ4n) is 5.83. The maximum atomic E-state index is 6.07. The zero-order valence-corrected chi connectivity index (χ0v) is 26.0. The minimum Gasteiger partial charge on any atom is -0.493 e. The van der Waals surface area contributed by atoms with Crippen molar-refractivity contribution < 1.29 is 23.7 Å². The van der Waals surface area contributed by atoms with E-state index in [9.17, 15) is 0 Å². The molecule has 2 aliphatic heterocycles. The van der Waals surface area contributed by atoms with Crippen LogP contribution in [-0.4, -0.2) is 45.2 Å². The van der Waals surface area contributed by atoms with Crippen molar-refractivity contribution in [3.05, 3.63) is 125 Å². The van der Waals surface area contributed by atoms with Crippen LogP contribution in [0.1, 0.15) is 61.4 Å². The van der Waals surface area contributed by atoms with E-state index < -0.39 is 0 Å². The molecule has 1 aliphatic carbocycles. The zero-order chi connectivity index (χ0) is 30.1. The van der Waals surface area contributed by atoms with E-state index in [2.05, 4.69) is 118 Å². The van der Waals surface area contributed by atoms with Crippen LogP contribution in [0.2, 0.25) is 0 Å². The van der Waals surface area contributed by atoms with Crippen molar-refractivity contribution in [2.75, 3.05) is 33.0 Å². The van der Waals surface area contributed by atoms with Gasteiger partial charge in [-0.3, -0.25) is 0 Å². The Labute approximate surface area is 261 Å². The summed E-state index contributed by atoms with van der Waals surface area (Å²) in [6, 6.07) is 34.8. The highest BCUT2D eigenvalue weighted by Crippen LogP contribution is 2.42. The van der Waals surface area contributed by atoms with Gasteiger partial charge in [0.25, 0.3) is 0 Å². The SMILES string of the molecule is CC(C)(c1ccc(OCC2CO2)cc1)c1ccc(C(C)(c2ccc(OCC3CC3)cc2)c2ccc(OCC3CO3)cc2)cc1. The molecule has 2 heterocycles. The van der Waals surface area contributed by atoms with Gasteiger partial charge in [-0.1, -0.05) is 74.5 Å². The molecule has 0 spiro atoms. The number of benzene rings is 4. The fraction of sp³-hybridized carbons (Fsp3) is 0.385. The molecule has 3 atom stereocenters. The van der Waals surface area contributed by atoms with E-state index in [1.807, 2.05) is 0 Å². The van der Waals surface area contributed by atoms with E-state index in [-0.39, 0.29) is 23.0 Å². The van der Waals surface area contributed by atoms with Crippen molar-refractivity contribution in [1.82, 2.24) is 0 Å². The minimum atomic E-state index is -0.375. The summed E-state index contributed by atoms with van der Waals surface area (Å²) in [6.07, 6.45) is 3.05. The third-order valence-electron chi connectivity index (χ3n) is 9.48. The van der Waals surface area contributed by atoms with Crippen molar-refractivity contribution >= 4 is 0 Å². The second-order valence-electron chi connectivity index (χ2n) is 13.2. The molecule has 7 rings (SSSR count). The molecular formula is C39H42O5. The molecule has 3 fully saturated rings. The number of ether oxygens (including phenoxy) is 5. The topological polar surface area (TPSA) is 52.8 Å². The average molecular weight is 591 g/mol. The summed E-state index contributed by atoms with van der Waals surface area (Å²) in [7, 11) is 0. The van der Waals surface area contributed by atoms with Crippen molar-refractivity contribution in [1.29, 1.82) is 0 Å². The van der Waals surface area contributed by atoms with Crippen LogP contribution in [-0.2, 0) is 20.3 Å². The highest BCUT2D eigenvalue weighted by Gasteiger charge is 2.33. The first-order valence-electron chi connectivity index (χ1n) is 15.9. The first-order chi connectivity index (χ1) is 21.4. The molecule has 2 saturated heterocycles. The van der Waals surface area contributed by atoms with Gasteiger partial charge in [0, 0.05) is 10.8 Å². The van der Waals surface area contributed by atoms with Gasteiger partial charge < -0.3 is 23.7 Å². The van der Waals surface area contributed by atoms with Crippen LogP contribution in [0.4, 0.5) is 0 Å². The Hall–Kier alpha value is -3.80. The maximum absolute atomic E-state index is 6.07. The Morgan fingerprint density at radius 3 is 1.18 bits per heavy atom. The molecule has 4 aromatic rings. The second-order valence-corrected chi connectivity index (χ2v) is 13.2. The van der Waals surface area contributed by atoms with Gasteiger partial charge in [-0.2, -0.15) is 0 Å². The summed E-state index contributed by atoms with van der Waals surface area (Å²) in [4.78, 5) is 0. The molecule has 3 unspecified atom stereocenters.